The molecule has 0 radical (unpaired) electrons. The lowest BCUT2D eigenvalue weighted by molar-refractivity contribution is -0.385. The van der Waals surface area contributed by atoms with Gasteiger partial charge in [0, 0.05) is 28.8 Å². The van der Waals surface area contributed by atoms with Crippen molar-refractivity contribution in [3.8, 4) is 0 Å². The molecule has 0 bridgehead atoms. The van der Waals surface area contributed by atoms with Crippen LogP contribution < -0.4 is 0 Å². The summed E-state index contributed by atoms with van der Waals surface area (Å²) >= 11 is 1.48. The molecule has 29 heavy (non-hydrogen) atoms. The number of rotatable bonds is 5. The normalized spacial score (nSPS) is 22.0. The zero-order valence-electron chi connectivity index (χ0n) is 17.6. The highest BCUT2D eigenvalue weighted by Crippen LogP contribution is 2.50. The van der Waals surface area contributed by atoms with E-state index in [-0.39, 0.29) is 23.9 Å². The number of amides is 1. The molecule has 1 amide bonds. The van der Waals surface area contributed by atoms with Gasteiger partial charge in [0.1, 0.15) is 5.60 Å². The highest BCUT2D eigenvalue weighted by Gasteiger charge is 2.53. The SMILES string of the molecule is CC(C)Sc1ccc([N+](=O)[O-])cc1[C@H]1N(C(=O)OC(C)(C)C)CC[C@]1(C)C(=O)O. The van der Waals surface area contributed by atoms with Crippen molar-refractivity contribution in [1.82, 2.24) is 4.90 Å². The fourth-order valence-electron chi connectivity index (χ4n) is 3.44. The summed E-state index contributed by atoms with van der Waals surface area (Å²) in [6, 6.07) is 3.54. The highest BCUT2D eigenvalue weighted by atomic mass is 32.2. The van der Waals surface area contributed by atoms with Crippen molar-refractivity contribution >= 4 is 29.5 Å². The van der Waals surface area contributed by atoms with E-state index in [0.717, 1.165) is 4.90 Å². The predicted molar refractivity (Wildman–Crippen MR) is 110 cm³/mol. The number of aliphatic carboxylic acids is 1. The summed E-state index contributed by atoms with van der Waals surface area (Å²) in [7, 11) is 0. The monoisotopic (exact) mass is 424 g/mol. The molecule has 8 nitrogen and oxygen atoms in total. The Morgan fingerprint density at radius 2 is 2.00 bits per heavy atom. The van der Waals surface area contributed by atoms with Gasteiger partial charge in [-0.05, 0) is 45.7 Å². The van der Waals surface area contributed by atoms with Crippen LogP contribution in [0.25, 0.3) is 0 Å². The van der Waals surface area contributed by atoms with E-state index < -0.39 is 34.0 Å². The number of carboxylic acids is 1. The van der Waals surface area contributed by atoms with E-state index in [9.17, 15) is 24.8 Å². The van der Waals surface area contributed by atoms with Gasteiger partial charge in [-0.15, -0.1) is 11.8 Å². The Hall–Kier alpha value is -2.29. The van der Waals surface area contributed by atoms with Crippen molar-refractivity contribution in [2.45, 2.75) is 69.8 Å². The summed E-state index contributed by atoms with van der Waals surface area (Å²) in [4.78, 5) is 38.0. The molecule has 1 N–H and O–H groups in total. The van der Waals surface area contributed by atoms with Gasteiger partial charge in [0.15, 0.2) is 0 Å². The topological polar surface area (TPSA) is 110 Å². The molecule has 1 aromatic rings. The van der Waals surface area contributed by atoms with Gasteiger partial charge in [-0.25, -0.2) is 4.79 Å². The molecule has 1 aromatic carbocycles. The lowest BCUT2D eigenvalue weighted by Gasteiger charge is -2.35. The third-order valence-electron chi connectivity index (χ3n) is 4.77. The van der Waals surface area contributed by atoms with Gasteiger partial charge in [-0.2, -0.15) is 0 Å². The molecule has 1 fully saturated rings. The number of hydrogen-bond acceptors (Lipinski definition) is 6. The highest BCUT2D eigenvalue weighted by molar-refractivity contribution is 8.00. The molecule has 0 aliphatic carbocycles. The lowest BCUT2D eigenvalue weighted by atomic mass is 9.79. The minimum atomic E-state index is -1.29. The average Bonchev–Trinajstić information content (AvgIpc) is 2.92. The van der Waals surface area contributed by atoms with Crippen molar-refractivity contribution in [1.29, 1.82) is 0 Å². The number of ether oxygens (including phenoxy) is 1. The van der Waals surface area contributed by atoms with Gasteiger partial charge in [0.25, 0.3) is 5.69 Å². The molecule has 0 spiro atoms. The van der Waals surface area contributed by atoms with Gasteiger partial charge in [-0.1, -0.05) is 13.8 Å². The average molecular weight is 425 g/mol. The summed E-state index contributed by atoms with van der Waals surface area (Å²) in [5.74, 6) is -1.06. The zero-order valence-corrected chi connectivity index (χ0v) is 18.4. The number of hydrogen-bond donors (Lipinski definition) is 1. The lowest BCUT2D eigenvalue weighted by Crippen LogP contribution is -2.41. The van der Waals surface area contributed by atoms with E-state index >= 15 is 0 Å². The van der Waals surface area contributed by atoms with Gasteiger partial charge in [0.2, 0.25) is 0 Å². The summed E-state index contributed by atoms with van der Waals surface area (Å²) in [5.41, 5.74) is -1.72. The van der Waals surface area contributed by atoms with Crippen LogP contribution in [-0.4, -0.2) is 44.4 Å². The van der Waals surface area contributed by atoms with Crippen LogP contribution in [0.4, 0.5) is 10.5 Å². The van der Waals surface area contributed by atoms with E-state index in [1.165, 1.54) is 28.8 Å². The van der Waals surface area contributed by atoms with E-state index in [0.29, 0.717) is 5.56 Å². The number of nitro groups is 1. The van der Waals surface area contributed by atoms with Crippen LogP contribution in [0.15, 0.2) is 23.1 Å². The first-order valence-electron chi connectivity index (χ1n) is 9.44. The van der Waals surface area contributed by atoms with Crippen LogP contribution in [0.5, 0.6) is 0 Å². The largest absolute Gasteiger partial charge is 0.481 e. The van der Waals surface area contributed by atoms with Crippen molar-refractivity contribution < 1.29 is 24.4 Å². The van der Waals surface area contributed by atoms with E-state index in [2.05, 4.69) is 0 Å². The quantitative estimate of drug-likeness (QED) is 0.408. The number of likely N-dealkylation sites (tertiary alicyclic amines) is 1. The number of thioether (sulfide) groups is 1. The number of carboxylic acid groups (broad SMARTS) is 1. The Morgan fingerprint density at radius 1 is 1.38 bits per heavy atom. The Labute approximate surface area is 174 Å². The van der Waals surface area contributed by atoms with Gasteiger partial charge in [0.05, 0.1) is 16.4 Å². The maximum Gasteiger partial charge on any atom is 0.410 e. The molecular formula is C20H28N2O6S. The van der Waals surface area contributed by atoms with Crippen molar-refractivity contribution in [2.75, 3.05) is 6.54 Å². The van der Waals surface area contributed by atoms with Crippen LogP contribution in [0.3, 0.4) is 0 Å². The maximum absolute atomic E-state index is 12.9. The van der Waals surface area contributed by atoms with Crippen LogP contribution in [0, 0.1) is 15.5 Å². The molecule has 1 heterocycles. The number of carbonyl (C=O) groups is 2. The Bertz CT molecular complexity index is 820. The Kier molecular flexibility index (Phi) is 6.51. The predicted octanol–water partition coefficient (Wildman–Crippen LogP) is 4.87. The van der Waals surface area contributed by atoms with Gasteiger partial charge in [-0.3, -0.25) is 19.8 Å². The maximum atomic E-state index is 12.9. The first-order chi connectivity index (χ1) is 13.3. The second-order valence-electron chi connectivity index (χ2n) is 8.69. The number of carbonyl (C=O) groups excluding carboxylic acids is 1. The first-order valence-corrected chi connectivity index (χ1v) is 10.3. The van der Waals surface area contributed by atoms with Gasteiger partial charge >= 0.3 is 12.1 Å². The number of non-ortho nitro benzene ring substituents is 1. The molecule has 0 saturated carbocycles. The van der Waals surface area contributed by atoms with Crippen LogP contribution >= 0.6 is 11.8 Å². The third-order valence-corrected chi connectivity index (χ3v) is 5.86. The molecule has 1 aliphatic rings. The van der Waals surface area contributed by atoms with Crippen LogP contribution in [0.1, 0.15) is 59.6 Å². The fourth-order valence-corrected chi connectivity index (χ4v) is 4.40. The zero-order chi connectivity index (χ0) is 22.1. The third kappa shape index (κ3) is 5.01. The molecule has 1 aliphatic heterocycles. The molecule has 2 atom stereocenters. The Morgan fingerprint density at radius 3 is 2.48 bits per heavy atom. The van der Waals surface area contributed by atoms with Crippen LogP contribution in [-0.2, 0) is 9.53 Å². The Balaban J connectivity index is 2.65. The number of benzene rings is 1. The minimum absolute atomic E-state index is 0.142. The van der Waals surface area contributed by atoms with Crippen molar-refractivity contribution in [3.05, 3.63) is 33.9 Å². The van der Waals surface area contributed by atoms with Crippen molar-refractivity contribution in [3.63, 3.8) is 0 Å². The standard InChI is InChI=1S/C20H28N2O6S/c1-12(2)29-15-8-7-13(22(26)27)11-14(15)16-20(6,17(23)24)9-10-21(16)18(25)28-19(3,4)5/h7-8,11-12,16H,9-10H2,1-6H3,(H,23,24)/t16-,20+/m1/s1. The molecule has 2 rings (SSSR count). The minimum Gasteiger partial charge on any atom is -0.481 e. The smallest absolute Gasteiger partial charge is 0.410 e. The molecular weight excluding hydrogens is 396 g/mol. The van der Waals surface area contributed by atoms with Crippen LogP contribution in [0.2, 0.25) is 0 Å². The van der Waals surface area contributed by atoms with Crippen molar-refractivity contribution in [2.24, 2.45) is 5.41 Å². The number of nitrogens with zero attached hydrogens (tertiary/aromatic N) is 2. The van der Waals surface area contributed by atoms with E-state index in [4.69, 9.17) is 4.74 Å². The number of nitro benzene ring substituents is 1. The molecule has 1 saturated heterocycles. The summed E-state index contributed by atoms with van der Waals surface area (Å²) in [6.07, 6.45) is -0.403. The molecule has 0 aromatic heterocycles. The first kappa shape index (κ1) is 23.0. The summed E-state index contributed by atoms with van der Waals surface area (Å²) in [5, 5.41) is 21.5. The fraction of sp³-hybridized carbons (Fsp3) is 0.600. The molecule has 160 valence electrons. The second kappa shape index (κ2) is 8.22. The van der Waals surface area contributed by atoms with E-state index in [1.807, 2.05) is 13.8 Å². The summed E-state index contributed by atoms with van der Waals surface area (Å²) in [6.45, 7) is 10.9. The summed E-state index contributed by atoms with van der Waals surface area (Å²) < 4.78 is 5.50. The second-order valence-corrected chi connectivity index (χ2v) is 10.3. The van der Waals surface area contributed by atoms with Gasteiger partial charge < -0.3 is 9.84 Å². The molecule has 9 heteroatoms. The van der Waals surface area contributed by atoms with E-state index in [1.54, 1.807) is 33.8 Å². The molecule has 0 unspecified atom stereocenters.